The zero-order valence-electron chi connectivity index (χ0n) is 15.1. The van der Waals surface area contributed by atoms with Gasteiger partial charge in [-0.1, -0.05) is 12.1 Å². The highest BCUT2D eigenvalue weighted by Crippen LogP contribution is 2.21. The van der Waals surface area contributed by atoms with Crippen LogP contribution in [0.4, 0.5) is 0 Å². The first kappa shape index (κ1) is 22.9. The van der Waals surface area contributed by atoms with E-state index < -0.39 is 12.0 Å². The number of nitrogen functional groups attached to an aromatic ring is 1. The first-order chi connectivity index (χ1) is 12.3. The lowest BCUT2D eigenvalue weighted by atomic mass is 9.93. The number of amidine groups is 1. The van der Waals surface area contributed by atoms with Gasteiger partial charge in [0.2, 0.25) is 5.91 Å². The van der Waals surface area contributed by atoms with E-state index in [1.165, 1.54) is 0 Å². The lowest BCUT2D eigenvalue weighted by Crippen LogP contribution is -2.49. The van der Waals surface area contributed by atoms with Crippen LogP contribution in [-0.2, 0) is 9.59 Å². The lowest BCUT2D eigenvalue weighted by molar-refractivity contribution is -0.139. The number of benzene rings is 1. The van der Waals surface area contributed by atoms with Crippen LogP contribution in [-0.4, -0.2) is 52.8 Å². The van der Waals surface area contributed by atoms with E-state index in [1.807, 2.05) is 0 Å². The van der Waals surface area contributed by atoms with E-state index >= 15 is 0 Å². The van der Waals surface area contributed by atoms with Crippen molar-refractivity contribution in [3.8, 4) is 0 Å². The minimum Gasteiger partial charge on any atom is -0.481 e. The molecule has 1 fully saturated rings. The summed E-state index contributed by atoms with van der Waals surface area (Å²) in [6.07, 6.45) is 1.45. The van der Waals surface area contributed by atoms with Gasteiger partial charge in [-0.05, 0) is 37.8 Å². The largest absolute Gasteiger partial charge is 0.481 e. The van der Waals surface area contributed by atoms with Gasteiger partial charge in [-0.2, -0.15) is 0 Å². The number of rotatable bonds is 6. The number of aliphatic carboxylic acids is 1. The third-order valence-electron chi connectivity index (χ3n) is 4.57. The molecule has 5 N–H and O–H groups in total. The Morgan fingerprint density at radius 3 is 2.22 bits per heavy atom. The van der Waals surface area contributed by atoms with E-state index in [2.05, 4.69) is 5.32 Å². The highest BCUT2D eigenvalue weighted by atomic mass is 127. The molecule has 0 saturated carbocycles. The van der Waals surface area contributed by atoms with Crippen molar-refractivity contribution >= 4 is 47.6 Å². The molecular weight excluding hydrogens is 463 g/mol. The highest BCUT2D eigenvalue weighted by Gasteiger charge is 2.27. The molecule has 2 amide bonds. The number of carboxylic acids is 1. The number of hydrogen-bond acceptors (Lipinski definition) is 4. The fourth-order valence-electron chi connectivity index (χ4n) is 3.02. The highest BCUT2D eigenvalue weighted by molar-refractivity contribution is 14.0. The van der Waals surface area contributed by atoms with Gasteiger partial charge in [0.1, 0.15) is 11.9 Å². The molecule has 0 spiro atoms. The Bertz CT molecular complexity index is 700. The number of amides is 2. The zero-order chi connectivity index (χ0) is 19.3. The molecule has 148 valence electrons. The number of halogens is 1. The quantitative estimate of drug-likeness (QED) is 0.273. The van der Waals surface area contributed by atoms with Crippen molar-refractivity contribution in [3.05, 3.63) is 35.4 Å². The van der Waals surface area contributed by atoms with E-state index in [9.17, 15) is 14.4 Å². The number of hydrogen-bond donors (Lipinski definition) is 4. The second kappa shape index (κ2) is 10.2. The van der Waals surface area contributed by atoms with Crippen LogP contribution in [0.5, 0.6) is 0 Å². The van der Waals surface area contributed by atoms with Crippen molar-refractivity contribution in [2.75, 3.05) is 13.1 Å². The van der Waals surface area contributed by atoms with Crippen LogP contribution < -0.4 is 11.1 Å². The van der Waals surface area contributed by atoms with Gasteiger partial charge in [0.25, 0.3) is 5.91 Å². The summed E-state index contributed by atoms with van der Waals surface area (Å²) in [4.78, 5) is 37.2. The Morgan fingerprint density at radius 2 is 1.74 bits per heavy atom. The Balaban J connectivity index is 0.00000364. The number of nitrogens with zero attached hydrogens (tertiary/aromatic N) is 1. The van der Waals surface area contributed by atoms with Crippen LogP contribution in [0.15, 0.2) is 24.3 Å². The topological polar surface area (TPSA) is 137 Å². The predicted molar refractivity (Wildman–Crippen MR) is 111 cm³/mol. The third-order valence-corrected chi connectivity index (χ3v) is 4.57. The van der Waals surface area contributed by atoms with Gasteiger partial charge < -0.3 is 21.1 Å². The molecule has 1 atom stereocenters. The van der Waals surface area contributed by atoms with Gasteiger partial charge >= 0.3 is 5.97 Å². The fraction of sp³-hybridized carbons (Fsp3) is 0.444. The average molecular weight is 488 g/mol. The number of nitrogens with one attached hydrogen (secondary N) is 2. The molecule has 27 heavy (non-hydrogen) atoms. The maximum absolute atomic E-state index is 12.5. The summed E-state index contributed by atoms with van der Waals surface area (Å²) in [7, 11) is 0. The molecule has 8 nitrogen and oxygen atoms in total. The Hall–Kier alpha value is -2.17. The summed E-state index contributed by atoms with van der Waals surface area (Å²) >= 11 is 0. The van der Waals surface area contributed by atoms with Gasteiger partial charge in [0.15, 0.2) is 0 Å². The van der Waals surface area contributed by atoms with Crippen molar-refractivity contribution < 1.29 is 19.5 Å². The van der Waals surface area contributed by atoms with Crippen molar-refractivity contribution in [2.24, 2.45) is 11.7 Å². The fourth-order valence-corrected chi connectivity index (χ4v) is 3.02. The molecule has 1 aromatic carbocycles. The predicted octanol–water partition coefficient (Wildman–Crippen LogP) is 1.42. The number of carbonyl (C=O) groups excluding carboxylic acids is 2. The van der Waals surface area contributed by atoms with Gasteiger partial charge in [-0.3, -0.25) is 19.8 Å². The number of nitrogens with two attached hydrogens (primary N) is 1. The van der Waals surface area contributed by atoms with Crippen molar-refractivity contribution in [2.45, 2.75) is 32.2 Å². The lowest BCUT2D eigenvalue weighted by Gasteiger charge is -2.33. The van der Waals surface area contributed by atoms with E-state index in [0.717, 1.165) is 0 Å². The van der Waals surface area contributed by atoms with E-state index in [-0.39, 0.29) is 54.0 Å². The van der Waals surface area contributed by atoms with Gasteiger partial charge in [-0.25, -0.2) is 0 Å². The Morgan fingerprint density at radius 1 is 1.22 bits per heavy atom. The minimum atomic E-state index is -0.814. The van der Waals surface area contributed by atoms with Crippen molar-refractivity contribution in [1.29, 1.82) is 5.41 Å². The smallest absolute Gasteiger partial charge is 0.303 e. The van der Waals surface area contributed by atoms with Gasteiger partial charge in [-0.15, -0.1) is 24.0 Å². The maximum atomic E-state index is 12.5. The normalized spacial score (nSPS) is 15.4. The summed E-state index contributed by atoms with van der Waals surface area (Å²) < 4.78 is 0. The first-order valence-electron chi connectivity index (χ1n) is 8.54. The molecule has 0 unspecified atom stereocenters. The molecule has 1 aromatic rings. The van der Waals surface area contributed by atoms with Crippen LogP contribution in [0, 0.1) is 11.3 Å². The van der Waals surface area contributed by atoms with Crippen molar-refractivity contribution in [1.82, 2.24) is 10.2 Å². The van der Waals surface area contributed by atoms with Crippen LogP contribution in [0.3, 0.4) is 0 Å². The van der Waals surface area contributed by atoms with E-state index in [0.29, 0.717) is 37.1 Å². The molecule has 1 aliphatic heterocycles. The third kappa shape index (κ3) is 6.49. The molecule has 1 saturated heterocycles. The summed E-state index contributed by atoms with van der Waals surface area (Å²) in [5, 5.41) is 18.9. The average Bonchev–Trinajstić information content (AvgIpc) is 2.61. The second-order valence-electron chi connectivity index (χ2n) is 6.55. The molecule has 0 bridgehead atoms. The van der Waals surface area contributed by atoms with Crippen LogP contribution >= 0.6 is 24.0 Å². The summed E-state index contributed by atoms with van der Waals surface area (Å²) in [5.41, 5.74) is 6.29. The maximum Gasteiger partial charge on any atom is 0.303 e. The molecule has 2 rings (SSSR count). The van der Waals surface area contributed by atoms with Crippen LogP contribution in [0.2, 0.25) is 0 Å². The zero-order valence-corrected chi connectivity index (χ0v) is 17.4. The molecule has 0 aromatic heterocycles. The van der Waals surface area contributed by atoms with Gasteiger partial charge in [0, 0.05) is 30.6 Å². The summed E-state index contributed by atoms with van der Waals surface area (Å²) in [6.45, 7) is 2.64. The molecule has 9 heteroatoms. The van der Waals surface area contributed by atoms with Crippen LogP contribution in [0.1, 0.15) is 42.1 Å². The van der Waals surface area contributed by atoms with Crippen molar-refractivity contribution in [3.63, 3.8) is 0 Å². The number of carbonyl (C=O) groups is 3. The standard InChI is InChI=1S/C18H24N4O4.HI/c1-11(18(26)22-8-6-12(7-9-22)10-15(23)24)21-17(25)14-4-2-13(3-5-14)16(19)20;/h2-5,11-12H,6-10H2,1H3,(H3,19,20)(H,21,25)(H,23,24);1H/t11-;/m0./s1. The second-order valence-corrected chi connectivity index (χ2v) is 6.55. The van der Waals surface area contributed by atoms with E-state index in [4.69, 9.17) is 16.2 Å². The Labute approximate surface area is 175 Å². The SMILES string of the molecule is C[C@H](NC(=O)c1ccc(C(=N)N)cc1)C(=O)N1CCC(CC(=O)O)CC1.I. The molecule has 1 heterocycles. The van der Waals surface area contributed by atoms with Gasteiger partial charge in [0.05, 0.1) is 0 Å². The Kier molecular flexibility index (Phi) is 8.67. The van der Waals surface area contributed by atoms with Crippen LogP contribution in [0.25, 0.3) is 0 Å². The molecule has 0 radical (unpaired) electrons. The first-order valence-corrected chi connectivity index (χ1v) is 8.54. The molecule has 0 aliphatic carbocycles. The summed E-state index contributed by atoms with van der Waals surface area (Å²) in [6, 6.07) is 5.60. The molecule has 1 aliphatic rings. The molecular formula is C18H25IN4O4. The number of carboxylic acid groups (broad SMARTS) is 1. The summed E-state index contributed by atoms with van der Waals surface area (Å²) in [5.74, 6) is -1.34. The van der Waals surface area contributed by atoms with E-state index in [1.54, 1.807) is 36.1 Å². The number of piperidine rings is 1. The monoisotopic (exact) mass is 488 g/mol. The number of likely N-dealkylation sites (tertiary alicyclic amines) is 1. The minimum absolute atomic E-state index is 0.